The molecule has 7 heteroatoms. The summed E-state index contributed by atoms with van der Waals surface area (Å²) >= 11 is 0. The van der Waals surface area contributed by atoms with Crippen LogP contribution in [0.3, 0.4) is 0 Å². The van der Waals surface area contributed by atoms with E-state index in [1.165, 1.54) is 38.5 Å². The number of likely N-dealkylation sites (tertiary alicyclic amines) is 1. The molecule has 0 bridgehead atoms. The van der Waals surface area contributed by atoms with Crippen LogP contribution in [0.1, 0.15) is 65.0 Å². The number of nitrogens with one attached hydrogen (secondary N) is 1. The van der Waals surface area contributed by atoms with Crippen LogP contribution < -0.4 is 5.32 Å². The molecule has 3 heterocycles. The van der Waals surface area contributed by atoms with Gasteiger partial charge in [0, 0.05) is 30.9 Å². The maximum Gasteiger partial charge on any atom is 0.225 e. The van der Waals surface area contributed by atoms with Crippen molar-refractivity contribution in [3.8, 4) is 11.8 Å². The van der Waals surface area contributed by atoms with E-state index in [4.69, 9.17) is 10.1 Å². The fraction of sp³-hybridized carbons (Fsp3) is 0.720. The zero-order valence-electron chi connectivity index (χ0n) is 20.5. The van der Waals surface area contributed by atoms with E-state index in [0.717, 1.165) is 42.9 Å². The van der Waals surface area contributed by atoms with Gasteiger partial charge in [-0.05, 0) is 78.9 Å². The van der Waals surface area contributed by atoms with Crippen LogP contribution in [0.4, 0.5) is 5.95 Å². The van der Waals surface area contributed by atoms with E-state index >= 15 is 0 Å². The van der Waals surface area contributed by atoms with Gasteiger partial charge in [-0.25, -0.2) is 9.67 Å². The molecule has 174 valence electrons. The van der Waals surface area contributed by atoms with Crippen LogP contribution in [-0.4, -0.2) is 74.9 Å². The van der Waals surface area contributed by atoms with E-state index in [1.807, 2.05) is 6.20 Å². The molecule has 4 rings (SSSR count). The number of likely N-dealkylation sites (N-methyl/N-ethyl adjacent to an activating group) is 1. The molecule has 1 atom stereocenters. The first-order chi connectivity index (χ1) is 15.3. The van der Waals surface area contributed by atoms with E-state index in [0.29, 0.717) is 17.9 Å². The number of nitrogens with zero attached hydrogens (tertiary/aromatic N) is 6. The summed E-state index contributed by atoms with van der Waals surface area (Å²) < 4.78 is 2.08. The standard InChI is InChI=1S/C25H39N7/c1-25(2,3)28-24-26-16-21-22(13-9-15-31-14-8-12-20(18-31)30(4)5)29-32(23(21)27-24)17-19-10-6-7-11-19/h16,19-20H,6-8,10-12,14-15,17-18H2,1-5H3,(H,26,27,28). The average Bonchev–Trinajstić information content (AvgIpc) is 3.36. The van der Waals surface area contributed by atoms with Crippen molar-refractivity contribution >= 4 is 17.0 Å². The van der Waals surface area contributed by atoms with Gasteiger partial charge in [-0.3, -0.25) is 4.90 Å². The molecule has 2 fully saturated rings. The minimum atomic E-state index is -0.0918. The van der Waals surface area contributed by atoms with Gasteiger partial charge >= 0.3 is 0 Å². The third-order valence-electron chi connectivity index (χ3n) is 6.60. The highest BCUT2D eigenvalue weighted by Gasteiger charge is 2.22. The predicted molar refractivity (Wildman–Crippen MR) is 131 cm³/mol. The van der Waals surface area contributed by atoms with E-state index in [-0.39, 0.29) is 5.54 Å². The molecular formula is C25H39N7. The molecule has 0 amide bonds. The molecule has 1 saturated carbocycles. The molecule has 32 heavy (non-hydrogen) atoms. The molecule has 2 aliphatic rings. The fourth-order valence-corrected chi connectivity index (χ4v) is 4.84. The van der Waals surface area contributed by atoms with Gasteiger partial charge in [-0.2, -0.15) is 10.1 Å². The summed E-state index contributed by atoms with van der Waals surface area (Å²) in [7, 11) is 4.34. The number of fused-ring (bicyclic) bond motifs is 1. The minimum Gasteiger partial charge on any atom is -0.350 e. The molecule has 1 aliphatic heterocycles. The summed E-state index contributed by atoms with van der Waals surface area (Å²) in [5.41, 5.74) is 1.61. The van der Waals surface area contributed by atoms with Crippen molar-refractivity contribution in [1.29, 1.82) is 0 Å². The maximum atomic E-state index is 4.90. The number of anilines is 1. The SMILES string of the molecule is CN(C)C1CCCN(CC#Cc2nn(CC3CCCC3)c3nc(NC(C)(C)C)ncc23)C1. The molecule has 0 spiro atoms. The first kappa shape index (κ1) is 23.0. The lowest BCUT2D eigenvalue weighted by atomic mass is 10.1. The highest BCUT2D eigenvalue weighted by molar-refractivity contribution is 5.81. The molecule has 0 radical (unpaired) electrons. The Balaban J connectivity index is 1.56. The van der Waals surface area contributed by atoms with Gasteiger partial charge in [-0.1, -0.05) is 18.8 Å². The molecule has 1 saturated heterocycles. The average molecular weight is 438 g/mol. The van der Waals surface area contributed by atoms with Crippen LogP contribution in [0.15, 0.2) is 6.20 Å². The van der Waals surface area contributed by atoms with Crippen molar-refractivity contribution in [2.45, 2.75) is 77.4 Å². The Bertz CT molecular complexity index is 970. The van der Waals surface area contributed by atoms with Crippen LogP contribution >= 0.6 is 0 Å². The van der Waals surface area contributed by atoms with Gasteiger partial charge in [0.05, 0.1) is 11.9 Å². The van der Waals surface area contributed by atoms with Gasteiger partial charge in [0.15, 0.2) is 5.65 Å². The number of aromatic nitrogens is 4. The van der Waals surface area contributed by atoms with Crippen LogP contribution in [-0.2, 0) is 6.54 Å². The lowest BCUT2D eigenvalue weighted by molar-refractivity contribution is 0.145. The Morgan fingerprint density at radius 2 is 1.94 bits per heavy atom. The lowest BCUT2D eigenvalue weighted by Gasteiger charge is -2.35. The highest BCUT2D eigenvalue weighted by Crippen LogP contribution is 2.28. The van der Waals surface area contributed by atoms with E-state index in [2.05, 4.69) is 71.5 Å². The van der Waals surface area contributed by atoms with Crippen molar-refractivity contribution in [2.75, 3.05) is 39.0 Å². The molecule has 2 aromatic heterocycles. The Morgan fingerprint density at radius 1 is 1.16 bits per heavy atom. The van der Waals surface area contributed by atoms with Gasteiger partial charge in [0.2, 0.25) is 5.95 Å². The van der Waals surface area contributed by atoms with Crippen molar-refractivity contribution in [2.24, 2.45) is 5.92 Å². The van der Waals surface area contributed by atoms with Gasteiger partial charge in [0.1, 0.15) is 5.69 Å². The second-order valence-electron chi connectivity index (χ2n) is 10.8. The van der Waals surface area contributed by atoms with E-state index < -0.39 is 0 Å². The predicted octanol–water partition coefficient (Wildman–Crippen LogP) is 3.60. The molecule has 1 N–H and O–H groups in total. The second-order valence-corrected chi connectivity index (χ2v) is 10.8. The van der Waals surface area contributed by atoms with E-state index in [9.17, 15) is 0 Å². The third-order valence-corrected chi connectivity index (χ3v) is 6.60. The van der Waals surface area contributed by atoms with Gasteiger partial charge in [-0.15, -0.1) is 0 Å². The van der Waals surface area contributed by atoms with Gasteiger partial charge < -0.3 is 10.2 Å². The highest BCUT2D eigenvalue weighted by atomic mass is 15.3. The largest absolute Gasteiger partial charge is 0.350 e. The Morgan fingerprint density at radius 3 is 2.66 bits per heavy atom. The zero-order chi connectivity index (χ0) is 22.7. The monoisotopic (exact) mass is 437 g/mol. The van der Waals surface area contributed by atoms with Crippen molar-refractivity contribution in [3.05, 3.63) is 11.9 Å². The normalized spacial score (nSPS) is 20.6. The number of hydrogen-bond donors (Lipinski definition) is 1. The summed E-state index contributed by atoms with van der Waals surface area (Å²) in [5.74, 6) is 8.09. The first-order valence-electron chi connectivity index (χ1n) is 12.2. The number of piperidine rings is 1. The Labute approximate surface area is 193 Å². The quantitative estimate of drug-likeness (QED) is 0.721. The van der Waals surface area contributed by atoms with Crippen molar-refractivity contribution in [3.63, 3.8) is 0 Å². The van der Waals surface area contributed by atoms with Crippen LogP contribution in [0.2, 0.25) is 0 Å². The summed E-state index contributed by atoms with van der Waals surface area (Å²) in [4.78, 5) is 14.2. The summed E-state index contributed by atoms with van der Waals surface area (Å²) in [6.07, 6.45) is 9.61. The first-order valence-corrected chi connectivity index (χ1v) is 12.2. The van der Waals surface area contributed by atoms with E-state index in [1.54, 1.807) is 0 Å². The molecule has 2 aromatic rings. The molecule has 1 unspecified atom stereocenters. The Kier molecular flexibility index (Phi) is 7.02. The van der Waals surface area contributed by atoms with Crippen molar-refractivity contribution < 1.29 is 0 Å². The zero-order valence-corrected chi connectivity index (χ0v) is 20.5. The van der Waals surface area contributed by atoms with Crippen molar-refractivity contribution in [1.82, 2.24) is 29.5 Å². The number of rotatable bonds is 5. The summed E-state index contributed by atoms with van der Waals surface area (Å²) in [6, 6.07) is 0.624. The van der Waals surface area contributed by atoms with Crippen LogP contribution in [0.25, 0.3) is 11.0 Å². The lowest BCUT2D eigenvalue weighted by Crippen LogP contribution is -2.45. The fourth-order valence-electron chi connectivity index (χ4n) is 4.84. The topological polar surface area (TPSA) is 62.1 Å². The second kappa shape index (κ2) is 9.76. The summed E-state index contributed by atoms with van der Waals surface area (Å²) in [6.45, 7) is 10.3. The molecular weight excluding hydrogens is 398 g/mol. The smallest absolute Gasteiger partial charge is 0.225 e. The third kappa shape index (κ3) is 5.79. The Hall–Kier alpha value is -2.17. The molecule has 1 aliphatic carbocycles. The number of hydrogen-bond acceptors (Lipinski definition) is 6. The maximum absolute atomic E-state index is 4.90. The summed E-state index contributed by atoms with van der Waals surface area (Å²) in [5, 5.41) is 9.25. The molecule has 7 nitrogen and oxygen atoms in total. The van der Waals surface area contributed by atoms with Crippen LogP contribution in [0.5, 0.6) is 0 Å². The minimum absolute atomic E-state index is 0.0918. The van der Waals surface area contributed by atoms with Gasteiger partial charge in [0.25, 0.3) is 0 Å². The molecule has 0 aromatic carbocycles. The van der Waals surface area contributed by atoms with Crippen LogP contribution in [0, 0.1) is 17.8 Å².